The number of pyridine rings is 1. The van der Waals surface area contributed by atoms with Gasteiger partial charge in [0.25, 0.3) is 0 Å². The van der Waals surface area contributed by atoms with Crippen LogP contribution in [0.1, 0.15) is 33.3 Å². The number of amides is 1. The van der Waals surface area contributed by atoms with Crippen molar-refractivity contribution in [3.8, 4) is 0 Å². The Morgan fingerprint density at radius 2 is 1.84 bits per heavy atom. The molecule has 1 saturated heterocycles. The van der Waals surface area contributed by atoms with E-state index in [2.05, 4.69) is 24.1 Å². The van der Waals surface area contributed by atoms with Gasteiger partial charge >= 0.3 is 0 Å². The summed E-state index contributed by atoms with van der Waals surface area (Å²) in [6, 6.07) is 3.93. The van der Waals surface area contributed by atoms with Gasteiger partial charge in [-0.3, -0.25) is 9.78 Å². The largest absolute Gasteiger partial charge is 0.331 e. The number of hydrogen-bond acceptors (Lipinski definition) is 3. The van der Waals surface area contributed by atoms with Crippen molar-refractivity contribution >= 4 is 5.91 Å². The third-order valence-corrected chi connectivity index (χ3v) is 3.77. The van der Waals surface area contributed by atoms with Crippen molar-refractivity contribution in [2.75, 3.05) is 13.1 Å². The van der Waals surface area contributed by atoms with E-state index in [1.807, 2.05) is 30.9 Å². The normalized spacial score (nSPS) is 22.1. The second-order valence-electron chi connectivity index (χ2n) is 6.55. The van der Waals surface area contributed by atoms with Gasteiger partial charge in [-0.15, -0.1) is 0 Å². The zero-order chi connectivity index (χ0) is 14.1. The Morgan fingerprint density at radius 3 is 2.47 bits per heavy atom. The summed E-state index contributed by atoms with van der Waals surface area (Å²) in [6.07, 6.45) is 3.54. The molecule has 1 fully saturated rings. The number of nitrogens with one attached hydrogen (secondary N) is 1. The first-order valence-corrected chi connectivity index (χ1v) is 6.75. The minimum atomic E-state index is -0.360. The maximum Gasteiger partial charge on any atom is 0.230 e. The molecule has 2 rings (SSSR count). The topological polar surface area (TPSA) is 45.2 Å². The van der Waals surface area contributed by atoms with Crippen molar-refractivity contribution in [3.05, 3.63) is 30.1 Å². The van der Waals surface area contributed by atoms with Gasteiger partial charge in [-0.2, -0.15) is 0 Å². The highest BCUT2D eigenvalue weighted by Crippen LogP contribution is 2.28. The first-order chi connectivity index (χ1) is 8.83. The molecule has 0 saturated carbocycles. The minimum absolute atomic E-state index is 0.186. The lowest BCUT2D eigenvalue weighted by molar-refractivity contribution is -0.144. The van der Waals surface area contributed by atoms with Gasteiger partial charge in [0.1, 0.15) is 0 Å². The molecule has 0 bridgehead atoms. The predicted molar refractivity (Wildman–Crippen MR) is 75.5 cm³/mol. The number of carbonyl (C=O) groups is 1. The van der Waals surface area contributed by atoms with Crippen LogP contribution in [0.2, 0.25) is 0 Å². The summed E-state index contributed by atoms with van der Waals surface area (Å²) in [6.45, 7) is 10.4. The average Bonchev–Trinajstić information content (AvgIpc) is 2.41. The SMILES string of the molecule is CC1(C)CNCC(C)(C)N(Cc2ccncc2)C1=O. The molecule has 0 aromatic carbocycles. The standard InChI is InChI=1S/C15H23N3O/c1-14(2)10-17-11-15(3,4)18(13(14)19)9-12-5-7-16-8-6-12/h5-8,17H,9-11H2,1-4H3. The van der Waals surface area contributed by atoms with Crippen LogP contribution in [0.15, 0.2) is 24.5 Å². The summed E-state index contributed by atoms with van der Waals surface area (Å²) in [5.41, 5.74) is 0.573. The lowest BCUT2D eigenvalue weighted by atomic mass is 9.90. The Balaban J connectivity index is 2.29. The molecule has 1 aromatic heterocycles. The number of aromatic nitrogens is 1. The van der Waals surface area contributed by atoms with E-state index >= 15 is 0 Å². The van der Waals surface area contributed by atoms with Gasteiger partial charge in [0.15, 0.2) is 0 Å². The molecule has 0 radical (unpaired) electrons. The highest BCUT2D eigenvalue weighted by atomic mass is 16.2. The van der Waals surface area contributed by atoms with Gasteiger partial charge in [0, 0.05) is 32.0 Å². The van der Waals surface area contributed by atoms with Gasteiger partial charge in [-0.1, -0.05) is 0 Å². The first-order valence-electron chi connectivity index (χ1n) is 6.75. The second-order valence-corrected chi connectivity index (χ2v) is 6.55. The molecule has 1 aromatic rings. The van der Waals surface area contributed by atoms with Crippen LogP contribution in [0.5, 0.6) is 0 Å². The summed E-state index contributed by atoms with van der Waals surface area (Å²) in [4.78, 5) is 18.8. The summed E-state index contributed by atoms with van der Waals surface area (Å²) < 4.78 is 0. The second kappa shape index (κ2) is 4.93. The molecular weight excluding hydrogens is 238 g/mol. The van der Waals surface area contributed by atoms with Gasteiger partial charge in [0.2, 0.25) is 5.91 Å². The number of rotatable bonds is 2. The molecule has 1 N–H and O–H groups in total. The van der Waals surface area contributed by atoms with E-state index in [-0.39, 0.29) is 16.9 Å². The van der Waals surface area contributed by atoms with Crippen molar-refractivity contribution in [1.29, 1.82) is 0 Å². The zero-order valence-corrected chi connectivity index (χ0v) is 12.2. The molecule has 2 heterocycles. The fourth-order valence-corrected chi connectivity index (χ4v) is 2.45. The number of carbonyl (C=O) groups excluding carboxylic acids is 1. The molecule has 0 atom stereocenters. The molecule has 1 aliphatic heterocycles. The van der Waals surface area contributed by atoms with E-state index in [0.717, 1.165) is 18.7 Å². The van der Waals surface area contributed by atoms with Gasteiger partial charge in [0.05, 0.1) is 11.0 Å². The molecule has 0 spiro atoms. The highest BCUT2D eigenvalue weighted by Gasteiger charge is 2.41. The lowest BCUT2D eigenvalue weighted by Gasteiger charge is -2.39. The van der Waals surface area contributed by atoms with Crippen molar-refractivity contribution in [2.45, 2.75) is 39.8 Å². The van der Waals surface area contributed by atoms with Crippen molar-refractivity contribution in [1.82, 2.24) is 15.2 Å². The van der Waals surface area contributed by atoms with E-state index in [1.54, 1.807) is 12.4 Å². The Morgan fingerprint density at radius 1 is 1.21 bits per heavy atom. The molecule has 4 nitrogen and oxygen atoms in total. The van der Waals surface area contributed by atoms with Crippen LogP contribution in [0.3, 0.4) is 0 Å². The Bertz CT molecular complexity index is 454. The third-order valence-electron chi connectivity index (χ3n) is 3.77. The van der Waals surface area contributed by atoms with Crippen LogP contribution < -0.4 is 5.32 Å². The Labute approximate surface area is 115 Å². The summed E-state index contributed by atoms with van der Waals surface area (Å²) >= 11 is 0. The Hall–Kier alpha value is -1.42. The molecule has 0 unspecified atom stereocenters. The van der Waals surface area contributed by atoms with Crippen molar-refractivity contribution in [2.24, 2.45) is 5.41 Å². The van der Waals surface area contributed by atoms with E-state index in [0.29, 0.717) is 6.54 Å². The number of hydrogen-bond donors (Lipinski definition) is 1. The molecule has 1 amide bonds. The van der Waals surface area contributed by atoms with Crippen LogP contribution in [-0.2, 0) is 11.3 Å². The fourth-order valence-electron chi connectivity index (χ4n) is 2.45. The molecule has 104 valence electrons. The quantitative estimate of drug-likeness (QED) is 0.883. The molecule has 19 heavy (non-hydrogen) atoms. The van der Waals surface area contributed by atoms with E-state index in [9.17, 15) is 4.79 Å². The minimum Gasteiger partial charge on any atom is -0.331 e. The predicted octanol–water partition coefficient (Wildman–Crippen LogP) is 1.82. The molecule has 1 aliphatic rings. The fraction of sp³-hybridized carbons (Fsp3) is 0.600. The van der Waals surface area contributed by atoms with Crippen LogP contribution in [0.25, 0.3) is 0 Å². The molecule has 4 heteroatoms. The summed E-state index contributed by atoms with van der Waals surface area (Å²) in [7, 11) is 0. The zero-order valence-electron chi connectivity index (χ0n) is 12.2. The van der Waals surface area contributed by atoms with Crippen LogP contribution in [-0.4, -0.2) is 34.4 Å². The molecular formula is C15H23N3O. The third kappa shape index (κ3) is 2.95. The maximum atomic E-state index is 12.8. The van der Waals surface area contributed by atoms with E-state index < -0.39 is 0 Å². The van der Waals surface area contributed by atoms with E-state index in [4.69, 9.17) is 0 Å². The van der Waals surface area contributed by atoms with Gasteiger partial charge in [-0.05, 0) is 45.4 Å². The van der Waals surface area contributed by atoms with Crippen molar-refractivity contribution in [3.63, 3.8) is 0 Å². The lowest BCUT2D eigenvalue weighted by Crippen LogP contribution is -2.52. The summed E-state index contributed by atoms with van der Waals surface area (Å²) in [5, 5.41) is 3.40. The highest BCUT2D eigenvalue weighted by molar-refractivity contribution is 5.83. The van der Waals surface area contributed by atoms with Crippen LogP contribution in [0.4, 0.5) is 0 Å². The first kappa shape index (κ1) is 14.0. The number of nitrogens with zero attached hydrogens (tertiary/aromatic N) is 2. The van der Waals surface area contributed by atoms with Crippen LogP contribution >= 0.6 is 0 Å². The average molecular weight is 261 g/mol. The van der Waals surface area contributed by atoms with E-state index in [1.165, 1.54) is 0 Å². The van der Waals surface area contributed by atoms with Crippen molar-refractivity contribution < 1.29 is 4.79 Å². The smallest absolute Gasteiger partial charge is 0.230 e. The van der Waals surface area contributed by atoms with Crippen LogP contribution in [0, 0.1) is 5.41 Å². The Kier molecular flexibility index (Phi) is 3.63. The molecule has 0 aliphatic carbocycles. The summed E-state index contributed by atoms with van der Waals surface area (Å²) in [5.74, 6) is 0.208. The monoisotopic (exact) mass is 261 g/mol. The van der Waals surface area contributed by atoms with Gasteiger partial charge in [-0.25, -0.2) is 0 Å². The maximum absolute atomic E-state index is 12.8. The van der Waals surface area contributed by atoms with Gasteiger partial charge < -0.3 is 10.2 Å².